The fourth-order valence-corrected chi connectivity index (χ4v) is 2.55. The van der Waals surface area contributed by atoms with E-state index in [4.69, 9.17) is 10.8 Å². The van der Waals surface area contributed by atoms with E-state index in [-0.39, 0.29) is 11.3 Å². The van der Waals surface area contributed by atoms with E-state index < -0.39 is 33.5 Å². The summed E-state index contributed by atoms with van der Waals surface area (Å²) in [6.45, 7) is 0. The summed E-state index contributed by atoms with van der Waals surface area (Å²) >= 11 is 0. The van der Waals surface area contributed by atoms with Crippen LogP contribution in [0.2, 0.25) is 0 Å². The fourth-order valence-electron chi connectivity index (χ4n) is 1.42. The van der Waals surface area contributed by atoms with E-state index in [0.29, 0.717) is 5.56 Å². The molecule has 0 aliphatic rings. The van der Waals surface area contributed by atoms with Crippen LogP contribution in [0, 0.1) is 0 Å². The number of hydrogen-bond donors (Lipinski definition) is 3. The van der Waals surface area contributed by atoms with Gasteiger partial charge in [-0.3, -0.25) is 14.9 Å². The molecule has 1 aromatic carbocycles. The molecule has 0 saturated carbocycles. The zero-order chi connectivity index (χ0) is 15.3. The van der Waals surface area contributed by atoms with Gasteiger partial charge in [0.15, 0.2) is 9.84 Å². The minimum atomic E-state index is -3.92. The molecule has 4 N–H and O–H groups in total. The molecule has 0 bridgehead atoms. The molecular formula is C11H12N2O6S. The van der Waals surface area contributed by atoms with Gasteiger partial charge in [0.25, 0.3) is 0 Å². The lowest BCUT2D eigenvalue weighted by atomic mass is 10.2. The van der Waals surface area contributed by atoms with Crippen LogP contribution in [0.5, 0.6) is 0 Å². The van der Waals surface area contributed by atoms with Gasteiger partial charge in [-0.25, -0.2) is 13.2 Å². The van der Waals surface area contributed by atoms with Gasteiger partial charge in [-0.2, -0.15) is 0 Å². The number of sulfone groups is 1. The highest BCUT2D eigenvalue weighted by molar-refractivity contribution is 7.92. The normalized spacial score (nSPS) is 10.8. The van der Waals surface area contributed by atoms with E-state index in [9.17, 15) is 22.8 Å². The van der Waals surface area contributed by atoms with Gasteiger partial charge in [0.2, 0.25) is 5.91 Å². The Morgan fingerprint density at radius 1 is 1.15 bits per heavy atom. The highest BCUT2D eigenvalue weighted by Gasteiger charge is 2.20. The van der Waals surface area contributed by atoms with Crippen LogP contribution >= 0.6 is 0 Å². The molecule has 0 aromatic heterocycles. The first-order chi connectivity index (χ1) is 9.20. The molecule has 20 heavy (non-hydrogen) atoms. The van der Waals surface area contributed by atoms with Gasteiger partial charge in [-0.1, -0.05) is 12.1 Å². The number of hydrogen-bond acceptors (Lipinski definition) is 5. The van der Waals surface area contributed by atoms with Gasteiger partial charge >= 0.3 is 12.0 Å². The molecule has 0 heterocycles. The van der Waals surface area contributed by atoms with Crippen molar-refractivity contribution in [1.29, 1.82) is 0 Å². The molecular weight excluding hydrogens is 288 g/mol. The largest absolute Gasteiger partial charge is 0.481 e. The maximum atomic E-state index is 11.8. The smallest absolute Gasteiger partial charge is 0.318 e. The summed E-state index contributed by atoms with van der Waals surface area (Å²) in [5.41, 5.74) is 5.12. The van der Waals surface area contributed by atoms with E-state index in [2.05, 4.69) is 0 Å². The number of carboxylic acids is 1. The second kappa shape index (κ2) is 6.15. The second-order valence-electron chi connectivity index (χ2n) is 3.89. The van der Waals surface area contributed by atoms with E-state index >= 15 is 0 Å². The van der Waals surface area contributed by atoms with Crippen LogP contribution in [0.3, 0.4) is 0 Å². The third-order valence-corrected chi connectivity index (χ3v) is 3.85. The maximum absolute atomic E-state index is 11.8. The Morgan fingerprint density at radius 2 is 1.70 bits per heavy atom. The SMILES string of the molecule is NC(=O)NC(=O)CS(=O)(=O)c1ccc(CC(=O)O)cc1. The molecule has 0 fully saturated rings. The molecule has 0 unspecified atom stereocenters. The Morgan fingerprint density at radius 3 is 2.15 bits per heavy atom. The van der Waals surface area contributed by atoms with Crippen molar-refractivity contribution in [3.8, 4) is 0 Å². The number of imide groups is 1. The van der Waals surface area contributed by atoms with Gasteiger partial charge in [-0.05, 0) is 17.7 Å². The van der Waals surface area contributed by atoms with Crippen LogP contribution < -0.4 is 11.1 Å². The van der Waals surface area contributed by atoms with Crippen LogP contribution in [0.4, 0.5) is 4.79 Å². The maximum Gasteiger partial charge on any atom is 0.318 e. The minimum absolute atomic E-state index is 0.147. The van der Waals surface area contributed by atoms with Crippen LogP contribution in [0.15, 0.2) is 29.2 Å². The van der Waals surface area contributed by atoms with Crippen molar-refractivity contribution in [2.24, 2.45) is 5.73 Å². The molecule has 1 rings (SSSR count). The van der Waals surface area contributed by atoms with Crippen LogP contribution in [0.1, 0.15) is 5.56 Å². The Hall–Kier alpha value is -2.42. The molecule has 3 amide bonds. The lowest BCUT2D eigenvalue weighted by molar-refractivity contribution is -0.136. The van der Waals surface area contributed by atoms with Gasteiger partial charge in [0.1, 0.15) is 5.75 Å². The molecule has 1 aromatic rings. The molecule has 108 valence electrons. The average molecular weight is 300 g/mol. The summed E-state index contributed by atoms with van der Waals surface area (Å²) in [4.78, 5) is 31.9. The molecule has 0 radical (unpaired) electrons. The van der Waals surface area contributed by atoms with Crippen LogP contribution in [-0.4, -0.2) is 37.2 Å². The first-order valence-corrected chi connectivity index (χ1v) is 6.99. The predicted octanol–water partition coefficient (Wildman–Crippen LogP) is -0.718. The van der Waals surface area contributed by atoms with Crippen LogP contribution in [0.25, 0.3) is 0 Å². The number of rotatable bonds is 5. The van der Waals surface area contributed by atoms with E-state index in [1.54, 1.807) is 5.32 Å². The summed E-state index contributed by atoms with van der Waals surface area (Å²) in [6.07, 6.45) is -0.234. The molecule has 0 saturated heterocycles. The highest BCUT2D eigenvalue weighted by atomic mass is 32.2. The van der Waals surface area contributed by atoms with E-state index in [0.717, 1.165) is 0 Å². The van der Waals surface area contributed by atoms with Crippen molar-refractivity contribution in [2.75, 3.05) is 5.75 Å². The number of urea groups is 1. The first-order valence-electron chi connectivity index (χ1n) is 5.33. The van der Waals surface area contributed by atoms with Gasteiger partial charge in [-0.15, -0.1) is 0 Å². The number of amides is 3. The van der Waals surface area contributed by atoms with Crippen molar-refractivity contribution in [3.63, 3.8) is 0 Å². The molecule has 0 atom stereocenters. The molecule has 0 spiro atoms. The Kier molecular flexibility index (Phi) is 4.81. The highest BCUT2D eigenvalue weighted by Crippen LogP contribution is 2.13. The predicted molar refractivity (Wildman–Crippen MR) is 67.6 cm³/mol. The molecule has 8 nitrogen and oxygen atoms in total. The molecule has 0 aliphatic heterocycles. The third kappa shape index (κ3) is 4.69. The number of carboxylic acid groups (broad SMARTS) is 1. The average Bonchev–Trinajstić information content (AvgIpc) is 2.26. The zero-order valence-electron chi connectivity index (χ0n) is 10.2. The zero-order valence-corrected chi connectivity index (χ0v) is 11.0. The lowest BCUT2D eigenvalue weighted by Crippen LogP contribution is -2.38. The summed E-state index contributed by atoms with van der Waals surface area (Å²) in [7, 11) is -3.92. The number of carbonyl (C=O) groups excluding carboxylic acids is 2. The minimum Gasteiger partial charge on any atom is -0.481 e. The monoisotopic (exact) mass is 300 g/mol. The van der Waals surface area contributed by atoms with Gasteiger partial charge in [0, 0.05) is 0 Å². The Labute approximate surface area is 114 Å². The number of aliphatic carboxylic acids is 1. The van der Waals surface area contributed by atoms with Crippen molar-refractivity contribution in [1.82, 2.24) is 5.32 Å². The number of primary amides is 1. The standard InChI is InChI=1S/C11H12N2O6S/c12-11(17)13-9(14)6-20(18,19)8-3-1-7(2-4-8)5-10(15)16/h1-4H,5-6H2,(H,15,16)(H3,12,13,14,17). The van der Waals surface area contributed by atoms with E-state index in [1.807, 2.05) is 0 Å². The third-order valence-electron chi connectivity index (χ3n) is 2.22. The summed E-state index contributed by atoms with van der Waals surface area (Å²) in [5.74, 6) is -3.00. The van der Waals surface area contributed by atoms with Crippen LogP contribution in [-0.2, 0) is 25.8 Å². The fraction of sp³-hybridized carbons (Fsp3) is 0.182. The number of nitrogens with two attached hydrogens (primary N) is 1. The van der Waals surface area contributed by atoms with Crippen molar-refractivity contribution < 1.29 is 27.9 Å². The van der Waals surface area contributed by atoms with Crippen molar-refractivity contribution >= 4 is 27.7 Å². The number of benzene rings is 1. The van der Waals surface area contributed by atoms with Crippen molar-refractivity contribution in [3.05, 3.63) is 29.8 Å². The molecule has 9 heteroatoms. The van der Waals surface area contributed by atoms with Gasteiger partial charge in [0.05, 0.1) is 11.3 Å². The van der Waals surface area contributed by atoms with Crippen molar-refractivity contribution in [2.45, 2.75) is 11.3 Å². The number of nitrogens with one attached hydrogen (secondary N) is 1. The second-order valence-corrected chi connectivity index (χ2v) is 5.88. The lowest BCUT2D eigenvalue weighted by Gasteiger charge is -2.05. The van der Waals surface area contributed by atoms with Gasteiger partial charge < -0.3 is 10.8 Å². The topological polar surface area (TPSA) is 144 Å². The molecule has 0 aliphatic carbocycles. The summed E-state index contributed by atoms with van der Waals surface area (Å²) < 4.78 is 23.7. The Balaban J connectivity index is 2.85. The van der Waals surface area contributed by atoms with E-state index in [1.165, 1.54) is 24.3 Å². The first kappa shape index (κ1) is 15.6. The summed E-state index contributed by atoms with van der Waals surface area (Å²) in [5, 5.41) is 10.2. The summed E-state index contributed by atoms with van der Waals surface area (Å²) in [6, 6.07) is 3.94. The Bertz CT molecular complexity index is 635. The quantitative estimate of drug-likeness (QED) is 0.654. The number of carbonyl (C=O) groups is 3.